The monoisotopic (exact) mass is 265 g/mol. The van der Waals surface area contributed by atoms with Gasteiger partial charge in [0.1, 0.15) is 0 Å². The number of methoxy groups -OCH3 is 1. The van der Waals surface area contributed by atoms with Crippen LogP contribution in [0.3, 0.4) is 0 Å². The molecule has 2 rings (SSSR count). The summed E-state index contributed by atoms with van der Waals surface area (Å²) < 4.78 is 4.68. The molecule has 1 fully saturated rings. The molecule has 6 heteroatoms. The van der Waals surface area contributed by atoms with Gasteiger partial charge in [-0.2, -0.15) is 0 Å². The minimum absolute atomic E-state index is 0.146. The highest BCUT2D eigenvalue weighted by molar-refractivity contribution is 5.98. The summed E-state index contributed by atoms with van der Waals surface area (Å²) in [4.78, 5) is 11.6. The molecule has 0 aliphatic heterocycles. The van der Waals surface area contributed by atoms with Crippen molar-refractivity contribution >= 4 is 17.3 Å². The van der Waals surface area contributed by atoms with Gasteiger partial charge in [0.2, 0.25) is 0 Å². The van der Waals surface area contributed by atoms with Crippen molar-refractivity contribution in [3.63, 3.8) is 0 Å². The van der Waals surface area contributed by atoms with Crippen molar-refractivity contribution < 1.29 is 14.6 Å². The van der Waals surface area contributed by atoms with Crippen molar-refractivity contribution in [2.24, 2.45) is 11.8 Å². The van der Waals surface area contributed by atoms with Crippen molar-refractivity contribution in [1.29, 1.82) is 0 Å². The number of carbonyl (C=O) groups is 1. The third-order valence-corrected chi connectivity index (χ3v) is 3.63. The summed E-state index contributed by atoms with van der Waals surface area (Å²) in [7, 11) is 1.31. The van der Waals surface area contributed by atoms with E-state index >= 15 is 0 Å². The lowest BCUT2D eigenvalue weighted by atomic mass is 9.80. The number of aliphatic hydroxyl groups is 1. The molecule has 0 aromatic heterocycles. The second kappa shape index (κ2) is 5.46. The number of rotatable bonds is 4. The summed E-state index contributed by atoms with van der Waals surface area (Å²) in [5, 5.41) is 10.6. The third kappa shape index (κ3) is 2.50. The predicted octanol–water partition coefficient (Wildman–Crippen LogP) is 0.506. The van der Waals surface area contributed by atoms with E-state index in [0.29, 0.717) is 22.9 Å². The quantitative estimate of drug-likeness (QED) is 0.317. The van der Waals surface area contributed by atoms with E-state index < -0.39 is 5.97 Å². The van der Waals surface area contributed by atoms with Gasteiger partial charge in [-0.05, 0) is 30.9 Å². The fourth-order valence-corrected chi connectivity index (χ4v) is 2.34. The first kappa shape index (κ1) is 13.6. The summed E-state index contributed by atoms with van der Waals surface area (Å²) in [5.74, 6) is 5.88. The van der Waals surface area contributed by atoms with Crippen LogP contribution >= 0.6 is 0 Å². The Morgan fingerprint density at radius 1 is 1.53 bits per heavy atom. The van der Waals surface area contributed by atoms with Crippen molar-refractivity contribution in [3.05, 3.63) is 23.8 Å². The molecular weight excluding hydrogens is 246 g/mol. The third-order valence-electron chi connectivity index (χ3n) is 3.63. The van der Waals surface area contributed by atoms with E-state index in [1.807, 2.05) is 0 Å². The molecule has 0 amide bonds. The van der Waals surface area contributed by atoms with Crippen LogP contribution in [0.2, 0.25) is 0 Å². The fraction of sp³-hybridized carbons (Fsp3) is 0.462. The predicted molar refractivity (Wildman–Crippen MR) is 72.5 cm³/mol. The molecule has 0 saturated heterocycles. The van der Waals surface area contributed by atoms with Gasteiger partial charge >= 0.3 is 5.97 Å². The Bertz CT molecular complexity index is 472. The minimum Gasteiger partial charge on any atom is -0.465 e. The van der Waals surface area contributed by atoms with E-state index in [-0.39, 0.29) is 12.6 Å². The molecule has 1 saturated carbocycles. The highest BCUT2D eigenvalue weighted by Crippen LogP contribution is 2.35. The molecule has 1 aromatic rings. The van der Waals surface area contributed by atoms with Crippen LogP contribution in [0.15, 0.2) is 18.2 Å². The normalized spacial score (nSPS) is 21.6. The maximum Gasteiger partial charge on any atom is 0.340 e. The van der Waals surface area contributed by atoms with Gasteiger partial charge in [0.05, 0.1) is 24.0 Å². The summed E-state index contributed by atoms with van der Waals surface area (Å²) in [5.41, 5.74) is 7.22. The van der Waals surface area contributed by atoms with Crippen molar-refractivity contribution in [2.45, 2.75) is 18.9 Å². The van der Waals surface area contributed by atoms with Gasteiger partial charge in [-0.25, -0.2) is 10.6 Å². The first-order valence-electron chi connectivity index (χ1n) is 6.20. The Hall–Kier alpha value is -1.79. The van der Waals surface area contributed by atoms with Crippen molar-refractivity contribution in [2.75, 3.05) is 24.5 Å². The van der Waals surface area contributed by atoms with E-state index in [0.717, 1.165) is 12.8 Å². The van der Waals surface area contributed by atoms with Crippen LogP contribution in [-0.2, 0) is 4.74 Å². The van der Waals surface area contributed by atoms with E-state index in [1.165, 1.54) is 7.11 Å². The summed E-state index contributed by atoms with van der Waals surface area (Å²) in [6.45, 7) is 0.183. The Balaban J connectivity index is 2.18. The van der Waals surface area contributed by atoms with Gasteiger partial charge in [-0.3, -0.25) is 0 Å². The van der Waals surface area contributed by atoms with Crippen LogP contribution in [0.1, 0.15) is 23.2 Å². The maximum absolute atomic E-state index is 11.6. The van der Waals surface area contributed by atoms with Gasteiger partial charge in [-0.15, -0.1) is 0 Å². The highest BCUT2D eigenvalue weighted by Gasteiger charge is 2.33. The van der Waals surface area contributed by atoms with E-state index in [2.05, 4.69) is 4.74 Å². The Morgan fingerprint density at radius 2 is 2.21 bits per heavy atom. The van der Waals surface area contributed by atoms with E-state index in [9.17, 15) is 4.79 Å². The van der Waals surface area contributed by atoms with E-state index in [4.69, 9.17) is 16.7 Å². The number of ether oxygens (including phenoxy) is 1. The second-order valence-electron chi connectivity index (χ2n) is 4.81. The zero-order valence-electron chi connectivity index (χ0n) is 10.9. The maximum atomic E-state index is 11.6. The Kier molecular flexibility index (Phi) is 3.92. The summed E-state index contributed by atoms with van der Waals surface area (Å²) in [6, 6.07) is 5.25. The van der Waals surface area contributed by atoms with Crippen LogP contribution in [0.25, 0.3) is 0 Å². The van der Waals surface area contributed by atoms with Crippen LogP contribution in [-0.4, -0.2) is 30.8 Å². The first-order valence-corrected chi connectivity index (χ1v) is 6.20. The van der Waals surface area contributed by atoms with Crippen LogP contribution in [0, 0.1) is 5.92 Å². The Morgan fingerprint density at radius 3 is 2.79 bits per heavy atom. The van der Waals surface area contributed by atoms with Crippen LogP contribution < -0.4 is 16.6 Å². The number of hydrogen-bond acceptors (Lipinski definition) is 6. The molecule has 0 spiro atoms. The second-order valence-corrected chi connectivity index (χ2v) is 4.81. The number of benzene rings is 1. The van der Waals surface area contributed by atoms with Gasteiger partial charge in [0, 0.05) is 12.6 Å². The minimum atomic E-state index is -0.477. The topological polar surface area (TPSA) is 102 Å². The summed E-state index contributed by atoms with van der Waals surface area (Å²) >= 11 is 0. The average Bonchev–Trinajstić information content (AvgIpc) is 2.36. The molecule has 1 aromatic carbocycles. The standard InChI is InChI=1S/C13H19N3O3/c1-19-13(18)10-3-2-4-11(12(10)14)16(15)9-5-8(6-9)7-17/h2-4,8-9,17H,5-7,14-15H2,1H3. The Labute approximate surface area is 111 Å². The molecule has 5 N–H and O–H groups in total. The highest BCUT2D eigenvalue weighted by atomic mass is 16.5. The van der Waals surface area contributed by atoms with Gasteiger partial charge < -0.3 is 20.6 Å². The van der Waals surface area contributed by atoms with Gasteiger partial charge in [0.15, 0.2) is 0 Å². The average molecular weight is 265 g/mol. The van der Waals surface area contributed by atoms with E-state index in [1.54, 1.807) is 23.2 Å². The van der Waals surface area contributed by atoms with Crippen LogP contribution in [0.5, 0.6) is 0 Å². The first-order chi connectivity index (χ1) is 9.08. The van der Waals surface area contributed by atoms with Crippen molar-refractivity contribution in [3.8, 4) is 0 Å². The molecule has 0 bridgehead atoms. The SMILES string of the molecule is COC(=O)c1cccc(N(N)C2CC(CO)C2)c1N. The van der Waals surface area contributed by atoms with Gasteiger partial charge in [-0.1, -0.05) is 6.07 Å². The fourth-order valence-electron chi connectivity index (χ4n) is 2.34. The zero-order valence-corrected chi connectivity index (χ0v) is 10.9. The lowest BCUT2D eigenvalue weighted by molar-refractivity contribution is 0.0602. The molecule has 0 heterocycles. The number of esters is 1. The number of aliphatic hydroxyl groups excluding tert-OH is 1. The molecule has 0 unspecified atom stereocenters. The molecular formula is C13H19N3O3. The zero-order chi connectivity index (χ0) is 14.0. The number of anilines is 2. The number of nitrogens with zero attached hydrogens (tertiary/aromatic N) is 1. The largest absolute Gasteiger partial charge is 0.465 e. The number of nitrogens with two attached hydrogens (primary N) is 2. The van der Waals surface area contributed by atoms with Gasteiger partial charge in [0.25, 0.3) is 0 Å². The number of carbonyl (C=O) groups excluding carboxylic acids is 1. The molecule has 19 heavy (non-hydrogen) atoms. The molecule has 0 radical (unpaired) electrons. The number of nitrogen functional groups attached to an aromatic ring is 1. The molecule has 1 aliphatic carbocycles. The summed E-state index contributed by atoms with van der Waals surface area (Å²) in [6.07, 6.45) is 1.66. The number of hydrazine groups is 1. The lowest BCUT2D eigenvalue weighted by Gasteiger charge is -2.41. The lowest BCUT2D eigenvalue weighted by Crippen LogP contribution is -2.50. The molecule has 104 valence electrons. The number of para-hydroxylation sites is 1. The van der Waals surface area contributed by atoms with Crippen LogP contribution in [0.4, 0.5) is 11.4 Å². The molecule has 6 nitrogen and oxygen atoms in total. The molecule has 0 atom stereocenters. The smallest absolute Gasteiger partial charge is 0.340 e. The number of hydrogen-bond donors (Lipinski definition) is 3. The molecule has 1 aliphatic rings. The van der Waals surface area contributed by atoms with Crippen molar-refractivity contribution in [1.82, 2.24) is 0 Å².